The van der Waals surface area contributed by atoms with E-state index in [1.54, 1.807) is 12.1 Å². The van der Waals surface area contributed by atoms with Crippen LogP contribution in [0.15, 0.2) is 18.2 Å². The molecule has 2 aromatic rings. The number of fused-ring (bicyclic) bond motifs is 1. The summed E-state index contributed by atoms with van der Waals surface area (Å²) in [6, 6.07) is 4.78. The van der Waals surface area contributed by atoms with E-state index in [4.69, 9.17) is 4.74 Å². The van der Waals surface area contributed by atoms with Gasteiger partial charge in [0.25, 0.3) is 0 Å². The average molecular weight is 290 g/mol. The highest BCUT2D eigenvalue weighted by Crippen LogP contribution is 2.29. The Morgan fingerprint density at radius 2 is 1.81 bits per heavy atom. The van der Waals surface area contributed by atoms with E-state index >= 15 is 0 Å². The summed E-state index contributed by atoms with van der Waals surface area (Å²) < 4.78 is 6.91. The van der Waals surface area contributed by atoms with Gasteiger partial charge in [-0.1, -0.05) is 20.8 Å². The third-order valence-electron chi connectivity index (χ3n) is 2.88. The van der Waals surface area contributed by atoms with Gasteiger partial charge in [-0.25, -0.2) is 14.3 Å². The molecule has 2 rings (SSSR count). The molecule has 1 aromatic heterocycles. The Kier molecular flexibility index (Phi) is 3.48. The molecule has 0 saturated carbocycles. The summed E-state index contributed by atoms with van der Waals surface area (Å²) in [5.74, 6) is 0.699. The van der Waals surface area contributed by atoms with Crippen LogP contribution >= 0.6 is 0 Å². The summed E-state index contributed by atoms with van der Waals surface area (Å²) in [6.07, 6.45) is -0.486. The highest BCUT2D eigenvalue weighted by Gasteiger charge is 2.29. The van der Waals surface area contributed by atoms with Crippen LogP contribution in [0.4, 0.5) is 4.79 Å². The number of nitrogens with zero attached hydrogens (tertiary/aromatic N) is 2. The molecule has 0 atom stereocenters. The molecule has 1 heterocycles. The zero-order valence-corrected chi connectivity index (χ0v) is 13.4. The number of aromatic hydroxyl groups is 1. The molecule has 0 fully saturated rings. The minimum Gasteiger partial charge on any atom is -0.508 e. The number of imidazole rings is 1. The smallest absolute Gasteiger partial charge is 0.420 e. The first kappa shape index (κ1) is 15.4. The molecule has 0 spiro atoms. The molecule has 0 bridgehead atoms. The lowest BCUT2D eigenvalue weighted by Crippen LogP contribution is -2.30. The van der Waals surface area contributed by atoms with Crippen molar-refractivity contribution in [1.29, 1.82) is 0 Å². The molecule has 0 unspecified atom stereocenters. The molecule has 0 amide bonds. The topological polar surface area (TPSA) is 64.4 Å². The molecule has 21 heavy (non-hydrogen) atoms. The SMILES string of the molecule is CC(C)(C)OC(=O)n1c(C(C)(C)C)nc2ccc(O)cc21. The van der Waals surface area contributed by atoms with Gasteiger partial charge in [0.1, 0.15) is 17.2 Å². The molecule has 0 radical (unpaired) electrons. The molecule has 5 nitrogen and oxygen atoms in total. The molecule has 0 aliphatic heterocycles. The Labute approximate surface area is 124 Å². The van der Waals surface area contributed by atoms with Crippen LogP contribution in [0.1, 0.15) is 47.4 Å². The largest absolute Gasteiger partial charge is 0.508 e. The second-order valence-corrected chi connectivity index (χ2v) is 7.17. The van der Waals surface area contributed by atoms with Gasteiger partial charge < -0.3 is 9.84 Å². The van der Waals surface area contributed by atoms with Crippen molar-refractivity contribution in [3.05, 3.63) is 24.0 Å². The predicted octanol–water partition coefficient (Wildman–Crippen LogP) is 3.82. The summed E-state index contributed by atoms with van der Waals surface area (Å²) >= 11 is 0. The van der Waals surface area contributed by atoms with Gasteiger partial charge in [-0.05, 0) is 32.9 Å². The van der Waals surface area contributed by atoms with E-state index in [1.165, 1.54) is 10.6 Å². The third kappa shape index (κ3) is 3.17. The number of hydrogen-bond acceptors (Lipinski definition) is 4. The molecular formula is C16H22N2O3. The van der Waals surface area contributed by atoms with E-state index in [2.05, 4.69) is 4.98 Å². The standard InChI is InChI=1S/C16H22N2O3/c1-15(2,3)13-17-11-8-7-10(19)9-12(11)18(13)14(20)21-16(4,5)6/h7-9,19H,1-6H3. The van der Waals surface area contributed by atoms with Gasteiger partial charge in [0, 0.05) is 11.5 Å². The summed E-state index contributed by atoms with van der Waals surface area (Å²) in [5.41, 5.74) is 0.281. The number of benzene rings is 1. The maximum Gasteiger partial charge on any atom is 0.420 e. The number of ether oxygens (including phenoxy) is 1. The summed E-state index contributed by atoms with van der Waals surface area (Å²) in [4.78, 5) is 17.1. The lowest BCUT2D eigenvalue weighted by Gasteiger charge is -2.23. The van der Waals surface area contributed by atoms with Crippen LogP contribution < -0.4 is 0 Å². The van der Waals surface area contributed by atoms with Crippen LogP contribution in [0.2, 0.25) is 0 Å². The summed E-state index contributed by atoms with van der Waals surface area (Å²) in [5, 5.41) is 9.69. The zero-order chi connectivity index (χ0) is 16.0. The summed E-state index contributed by atoms with van der Waals surface area (Å²) in [6.45, 7) is 11.4. The average Bonchev–Trinajstić information content (AvgIpc) is 2.64. The highest BCUT2D eigenvalue weighted by atomic mass is 16.6. The fraction of sp³-hybridized carbons (Fsp3) is 0.500. The second kappa shape index (κ2) is 4.76. The first-order valence-electron chi connectivity index (χ1n) is 6.94. The van der Waals surface area contributed by atoms with E-state index in [0.29, 0.717) is 16.9 Å². The molecule has 5 heteroatoms. The zero-order valence-electron chi connectivity index (χ0n) is 13.4. The number of carbonyl (C=O) groups is 1. The Hall–Kier alpha value is -2.04. The molecule has 1 aromatic carbocycles. The fourth-order valence-corrected chi connectivity index (χ4v) is 2.06. The van der Waals surface area contributed by atoms with E-state index in [-0.39, 0.29) is 11.2 Å². The van der Waals surface area contributed by atoms with Gasteiger partial charge in [0.2, 0.25) is 0 Å². The normalized spacial score (nSPS) is 12.7. The van der Waals surface area contributed by atoms with E-state index in [9.17, 15) is 9.90 Å². The highest BCUT2D eigenvalue weighted by molar-refractivity contribution is 5.88. The minimum absolute atomic E-state index is 0.0904. The lowest BCUT2D eigenvalue weighted by molar-refractivity contribution is 0.0534. The van der Waals surface area contributed by atoms with Crippen molar-refractivity contribution in [3.8, 4) is 5.75 Å². The molecule has 0 aliphatic rings. The number of hydrogen-bond donors (Lipinski definition) is 1. The number of carbonyl (C=O) groups excluding carboxylic acids is 1. The van der Waals surface area contributed by atoms with Gasteiger partial charge in [-0.3, -0.25) is 0 Å². The number of aromatic nitrogens is 2. The quantitative estimate of drug-likeness (QED) is 0.801. The maximum absolute atomic E-state index is 12.5. The summed E-state index contributed by atoms with van der Waals surface area (Å²) in [7, 11) is 0. The van der Waals surface area contributed by atoms with Crippen LogP contribution in [0.3, 0.4) is 0 Å². The number of rotatable bonds is 0. The molecule has 0 saturated heterocycles. The van der Waals surface area contributed by atoms with Crippen LogP contribution in [0.5, 0.6) is 5.75 Å². The lowest BCUT2D eigenvalue weighted by atomic mass is 9.96. The molecule has 114 valence electrons. The van der Waals surface area contributed by atoms with Gasteiger partial charge in [-0.2, -0.15) is 0 Å². The Balaban J connectivity index is 2.68. The van der Waals surface area contributed by atoms with Crippen molar-refractivity contribution in [2.45, 2.75) is 52.6 Å². The van der Waals surface area contributed by atoms with E-state index < -0.39 is 11.7 Å². The number of phenols is 1. The van der Waals surface area contributed by atoms with Crippen molar-refractivity contribution >= 4 is 17.1 Å². The van der Waals surface area contributed by atoms with Crippen LogP contribution in [-0.4, -0.2) is 26.4 Å². The Bertz CT molecular complexity index is 688. The Morgan fingerprint density at radius 1 is 1.19 bits per heavy atom. The maximum atomic E-state index is 12.5. The van der Waals surface area contributed by atoms with Crippen LogP contribution in [0, 0.1) is 0 Å². The first-order valence-corrected chi connectivity index (χ1v) is 6.94. The molecule has 1 N–H and O–H groups in total. The van der Waals surface area contributed by atoms with Crippen molar-refractivity contribution in [3.63, 3.8) is 0 Å². The third-order valence-corrected chi connectivity index (χ3v) is 2.88. The van der Waals surface area contributed by atoms with Gasteiger partial charge >= 0.3 is 6.09 Å². The molecule has 0 aliphatic carbocycles. The van der Waals surface area contributed by atoms with Crippen molar-refractivity contribution < 1.29 is 14.6 Å². The second-order valence-electron chi connectivity index (χ2n) is 7.17. The van der Waals surface area contributed by atoms with Gasteiger partial charge in [-0.15, -0.1) is 0 Å². The Morgan fingerprint density at radius 3 is 2.33 bits per heavy atom. The minimum atomic E-state index is -0.598. The molecular weight excluding hydrogens is 268 g/mol. The van der Waals surface area contributed by atoms with E-state index in [1.807, 2.05) is 41.5 Å². The fourth-order valence-electron chi connectivity index (χ4n) is 2.06. The van der Waals surface area contributed by atoms with Crippen molar-refractivity contribution in [2.24, 2.45) is 0 Å². The first-order chi connectivity index (χ1) is 9.49. The van der Waals surface area contributed by atoms with E-state index in [0.717, 1.165) is 0 Å². The predicted molar refractivity (Wildman–Crippen MR) is 81.7 cm³/mol. The monoisotopic (exact) mass is 290 g/mol. The van der Waals surface area contributed by atoms with Crippen LogP contribution in [0.25, 0.3) is 11.0 Å². The van der Waals surface area contributed by atoms with Crippen LogP contribution in [-0.2, 0) is 10.2 Å². The van der Waals surface area contributed by atoms with Crippen molar-refractivity contribution in [1.82, 2.24) is 9.55 Å². The van der Waals surface area contributed by atoms with Gasteiger partial charge in [0.05, 0.1) is 11.0 Å². The van der Waals surface area contributed by atoms with Gasteiger partial charge in [0.15, 0.2) is 0 Å². The van der Waals surface area contributed by atoms with Crippen molar-refractivity contribution in [2.75, 3.05) is 0 Å². The number of phenolic OH excluding ortho intramolecular Hbond substituents is 1.